The molecule has 1 aromatic rings. The van der Waals surface area contributed by atoms with Gasteiger partial charge < -0.3 is 5.11 Å². The Hall–Kier alpha value is -2.09. The van der Waals surface area contributed by atoms with Gasteiger partial charge in [0.15, 0.2) is 0 Å². The van der Waals surface area contributed by atoms with E-state index in [1.165, 1.54) is 11.1 Å². The monoisotopic (exact) mass is 252 g/mol. The zero-order valence-corrected chi connectivity index (χ0v) is 10.7. The van der Waals surface area contributed by atoms with Crippen LogP contribution in [-0.2, 0) is 4.79 Å². The first-order valence-corrected chi connectivity index (χ1v) is 6.64. The van der Waals surface area contributed by atoms with Crippen molar-refractivity contribution in [2.45, 2.75) is 25.2 Å². The van der Waals surface area contributed by atoms with Crippen LogP contribution in [0.15, 0.2) is 53.6 Å². The third-order valence-electron chi connectivity index (χ3n) is 3.84. The van der Waals surface area contributed by atoms with Gasteiger partial charge in [-0.25, -0.2) is 0 Å². The molecule has 2 heteroatoms. The molecule has 1 atom stereocenters. The van der Waals surface area contributed by atoms with E-state index in [0.29, 0.717) is 0 Å². The average molecular weight is 252 g/mol. The summed E-state index contributed by atoms with van der Waals surface area (Å²) in [5.74, 6) is -0.775. The molecular formula is C17H16O2. The first kappa shape index (κ1) is 12.0. The summed E-state index contributed by atoms with van der Waals surface area (Å²) in [7, 11) is 0. The molecule has 0 spiro atoms. The Morgan fingerprint density at radius 3 is 2.89 bits per heavy atom. The summed E-state index contributed by atoms with van der Waals surface area (Å²) in [6.45, 7) is 0. The molecule has 0 bridgehead atoms. The molecule has 3 rings (SSSR count). The van der Waals surface area contributed by atoms with E-state index in [1.807, 2.05) is 18.2 Å². The van der Waals surface area contributed by atoms with E-state index in [1.54, 1.807) is 0 Å². The van der Waals surface area contributed by atoms with E-state index in [0.717, 1.165) is 24.0 Å². The van der Waals surface area contributed by atoms with Gasteiger partial charge in [-0.05, 0) is 35.1 Å². The molecule has 0 fully saturated rings. The fourth-order valence-corrected chi connectivity index (χ4v) is 2.95. The maximum absolute atomic E-state index is 11.2. The number of allylic oxidation sites excluding steroid dienone is 5. The predicted octanol–water partition coefficient (Wildman–Crippen LogP) is 3.92. The zero-order chi connectivity index (χ0) is 13.2. The lowest BCUT2D eigenvalue weighted by atomic mass is 9.82. The maximum atomic E-state index is 11.2. The van der Waals surface area contributed by atoms with Crippen molar-refractivity contribution in [3.8, 4) is 0 Å². The fourth-order valence-electron chi connectivity index (χ4n) is 2.95. The topological polar surface area (TPSA) is 37.3 Å². The molecule has 19 heavy (non-hydrogen) atoms. The molecule has 2 aliphatic carbocycles. The molecule has 1 unspecified atom stereocenters. The normalized spacial score (nSPS) is 20.7. The van der Waals surface area contributed by atoms with Gasteiger partial charge in [-0.2, -0.15) is 0 Å². The lowest BCUT2D eigenvalue weighted by molar-refractivity contribution is -0.137. The number of carboxylic acid groups (broad SMARTS) is 1. The molecule has 0 radical (unpaired) electrons. The maximum Gasteiger partial charge on any atom is 0.304 e. The van der Waals surface area contributed by atoms with Crippen molar-refractivity contribution >= 4 is 12.0 Å². The van der Waals surface area contributed by atoms with Crippen LogP contribution in [0.1, 0.15) is 36.3 Å². The summed E-state index contributed by atoms with van der Waals surface area (Å²) >= 11 is 0. The summed E-state index contributed by atoms with van der Waals surface area (Å²) < 4.78 is 0. The van der Waals surface area contributed by atoms with E-state index in [2.05, 4.69) is 30.4 Å². The highest BCUT2D eigenvalue weighted by molar-refractivity contribution is 5.72. The first-order chi connectivity index (χ1) is 9.25. The number of hydrogen-bond acceptors (Lipinski definition) is 1. The fraction of sp³-hybridized carbons (Fsp3) is 0.235. The summed E-state index contributed by atoms with van der Waals surface area (Å²) in [6, 6.07) is 8.09. The van der Waals surface area contributed by atoms with Crippen LogP contribution in [0.2, 0.25) is 0 Å². The van der Waals surface area contributed by atoms with Gasteiger partial charge in [0.05, 0.1) is 6.42 Å². The molecule has 0 saturated carbocycles. The molecule has 0 amide bonds. The zero-order valence-electron chi connectivity index (χ0n) is 10.7. The van der Waals surface area contributed by atoms with E-state index >= 15 is 0 Å². The van der Waals surface area contributed by atoms with Crippen LogP contribution in [0.25, 0.3) is 6.08 Å². The van der Waals surface area contributed by atoms with Crippen LogP contribution in [-0.4, -0.2) is 11.1 Å². The van der Waals surface area contributed by atoms with Gasteiger partial charge in [0.2, 0.25) is 0 Å². The molecule has 0 aliphatic heterocycles. The third kappa shape index (κ3) is 2.26. The van der Waals surface area contributed by atoms with E-state index in [-0.39, 0.29) is 12.3 Å². The molecule has 1 aromatic carbocycles. The van der Waals surface area contributed by atoms with Gasteiger partial charge in [0, 0.05) is 5.92 Å². The second-order valence-electron chi connectivity index (χ2n) is 5.03. The Kier molecular flexibility index (Phi) is 3.08. The van der Waals surface area contributed by atoms with Gasteiger partial charge in [-0.1, -0.05) is 48.6 Å². The minimum atomic E-state index is -0.743. The molecule has 1 N–H and O–H groups in total. The molecule has 96 valence electrons. The highest BCUT2D eigenvalue weighted by atomic mass is 16.4. The average Bonchev–Trinajstić information content (AvgIpc) is 2.57. The van der Waals surface area contributed by atoms with Crippen LogP contribution < -0.4 is 0 Å². The highest BCUT2D eigenvalue weighted by Crippen LogP contribution is 2.39. The standard InChI is InChI=1S/C17H16O2/c18-17(19)11-16-14-7-3-1-5-12(14)9-10-13-6-2-4-8-15(13)16/h1,3-5,7-10,16H,2,6,11H2,(H,18,19). The predicted molar refractivity (Wildman–Crippen MR) is 75.9 cm³/mol. The number of aliphatic carboxylic acids is 1. The van der Waals surface area contributed by atoms with Crippen molar-refractivity contribution in [2.75, 3.05) is 0 Å². The van der Waals surface area contributed by atoms with Crippen molar-refractivity contribution in [2.24, 2.45) is 0 Å². The Balaban J connectivity index is 2.14. The molecule has 0 heterocycles. The summed E-state index contributed by atoms with van der Waals surface area (Å²) in [4.78, 5) is 11.2. The lowest BCUT2D eigenvalue weighted by Gasteiger charge is -2.21. The number of carbonyl (C=O) groups is 1. The van der Waals surface area contributed by atoms with Gasteiger partial charge in [0.25, 0.3) is 0 Å². The smallest absolute Gasteiger partial charge is 0.304 e. The number of rotatable bonds is 2. The number of hydrogen-bond donors (Lipinski definition) is 1. The van der Waals surface area contributed by atoms with Gasteiger partial charge in [0.1, 0.15) is 0 Å². The van der Waals surface area contributed by atoms with Crippen molar-refractivity contribution < 1.29 is 9.90 Å². The molecule has 2 nitrogen and oxygen atoms in total. The Labute approximate surface area is 112 Å². The number of fused-ring (bicyclic) bond motifs is 1. The summed E-state index contributed by atoms with van der Waals surface area (Å²) in [5.41, 5.74) is 4.72. The molecule has 0 saturated heterocycles. The minimum Gasteiger partial charge on any atom is -0.481 e. The van der Waals surface area contributed by atoms with Crippen molar-refractivity contribution in [3.63, 3.8) is 0 Å². The minimum absolute atomic E-state index is 0.0322. The van der Waals surface area contributed by atoms with Crippen molar-refractivity contribution in [1.29, 1.82) is 0 Å². The van der Waals surface area contributed by atoms with E-state index in [4.69, 9.17) is 0 Å². The van der Waals surface area contributed by atoms with E-state index in [9.17, 15) is 9.90 Å². The Morgan fingerprint density at radius 2 is 2.05 bits per heavy atom. The largest absolute Gasteiger partial charge is 0.481 e. The molecule has 2 aliphatic rings. The second-order valence-corrected chi connectivity index (χ2v) is 5.03. The van der Waals surface area contributed by atoms with Gasteiger partial charge in [-0.15, -0.1) is 0 Å². The highest BCUT2D eigenvalue weighted by Gasteiger charge is 2.25. The molecular weight excluding hydrogens is 236 g/mol. The van der Waals surface area contributed by atoms with Crippen LogP contribution in [0.3, 0.4) is 0 Å². The van der Waals surface area contributed by atoms with Crippen LogP contribution in [0.4, 0.5) is 0 Å². The molecule has 0 aromatic heterocycles. The first-order valence-electron chi connectivity index (χ1n) is 6.64. The van der Waals surface area contributed by atoms with Crippen molar-refractivity contribution in [1.82, 2.24) is 0 Å². The van der Waals surface area contributed by atoms with Gasteiger partial charge in [-0.3, -0.25) is 4.79 Å². The van der Waals surface area contributed by atoms with Crippen LogP contribution >= 0.6 is 0 Å². The Morgan fingerprint density at radius 1 is 1.21 bits per heavy atom. The number of carboxylic acids is 1. The summed E-state index contributed by atoms with van der Waals surface area (Å²) in [6.07, 6.45) is 10.7. The quantitative estimate of drug-likeness (QED) is 0.866. The number of benzene rings is 1. The van der Waals surface area contributed by atoms with Gasteiger partial charge >= 0.3 is 5.97 Å². The Bertz CT molecular complexity index is 605. The third-order valence-corrected chi connectivity index (χ3v) is 3.84. The van der Waals surface area contributed by atoms with Crippen LogP contribution in [0.5, 0.6) is 0 Å². The summed E-state index contributed by atoms with van der Waals surface area (Å²) in [5, 5.41) is 9.21. The van der Waals surface area contributed by atoms with E-state index < -0.39 is 5.97 Å². The second kappa shape index (κ2) is 4.88. The SMILES string of the molecule is O=C(O)CC1C2=C(C=Cc3ccccc31)CCC=C2. The van der Waals surface area contributed by atoms with Crippen LogP contribution in [0, 0.1) is 0 Å². The van der Waals surface area contributed by atoms with Crippen molar-refractivity contribution in [3.05, 3.63) is 64.8 Å². The lowest BCUT2D eigenvalue weighted by Crippen LogP contribution is -2.11.